The van der Waals surface area contributed by atoms with E-state index in [2.05, 4.69) is 25.9 Å². The molecule has 260 valence electrons. The number of aliphatic carboxylic acids is 1. The first-order valence-electron chi connectivity index (χ1n) is 16.4. The molecule has 14 heteroatoms. The summed E-state index contributed by atoms with van der Waals surface area (Å²) in [6, 6.07) is 17.8. The number of carbonyl (C=O) groups is 2. The van der Waals surface area contributed by atoms with Crippen LogP contribution in [0.1, 0.15) is 30.4 Å². The van der Waals surface area contributed by atoms with Crippen molar-refractivity contribution in [2.45, 2.75) is 37.9 Å². The highest BCUT2D eigenvalue weighted by molar-refractivity contribution is 6.39. The molecule has 2 aromatic carbocycles. The second-order valence-electron chi connectivity index (χ2n) is 12.3. The van der Waals surface area contributed by atoms with Gasteiger partial charge in [0, 0.05) is 72.3 Å². The number of benzene rings is 2. The predicted octanol–water partition coefficient (Wildman–Crippen LogP) is 4.97. The fraction of sp³-hybridized carbons (Fsp3) is 0.243. The van der Waals surface area contributed by atoms with E-state index in [1.54, 1.807) is 24.5 Å². The standard InChI is InChI=1S/C37H33Cl2N7O5/c1-51-35-27(34-41-14-12-29(44-34)37(49)50)9-10-28(45-35)26-7-3-6-25(33(26)39)24-5-2-4-23(32(24)38)20-13-15-46-30(16-20)42-18-21(36(46)48)17-40-19-22-8-11-31(47)43-22/h2-7,9-10,13,15-16,18,22,29,40H,8,11-12,14,17,19H2,1H3,(H,41,44)(H,43,47)(H,49,50). The lowest BCUT2D eigenvalue weighted by Gasteiger charge is -2.22. The van der Waals surface area contributed by atoms with Gasteiger partial charge < -0.3 is 25.8 Å². The summed E-state index contributed by atoms with van der Waals surface area (Å²) in [7, 11) is 1.49. The zero-order valence-electron chi connectivity index (χ0n) is 27.5. The molecule has 2 atom stereocenters. The first-order chi connectivity index (χ1) is 24.7. The van der Waals surface area contributed by atoms with E-state index in [9.17, 15) is 19.5 Å². The molecule has 2 aliphatic rings. The number of rotatable bonds is 10. The zero-order valence-corrected chi connectivity index (χ0v) is 29.0. The van der Waals surface area contributed by atoms with Crippen molar-refractivity contribution in [3.05, 3.63) is 105 Å². The molecule has 0 radical (unpaired) electrons. The maximum Gasteiger partial charge on any atom is 0.326 e. The Labute approximate surface area is 302 Å². The van der Waals surface area contributed by atoms with Crippen LogP contribution in [0.3, 0.4) is 0 Å². The summed E-state index contributed by atoms with van der Waals surface area (Å²) in [5.41, 5.74) is 5.47. The molecule has 1 fully saturated rings. The number of ether oxygens (including phenoxy) is 1. The topological polar surface area (TPSA) is 159 Å². The van der Waals surface area contributed by atoms with Crippen LogP contribution in [0.5, 0.6) is 5.88 Å². The summed E-state index contributed by atoms with van der Waals surface area (Å²) in [5.74, 6) is -0.211. The summed E-state index contributed by atoms with van der Waals surface area (Å²) in [4.78, 5) is 50.0. The molecule has 51 heavy (non-hydrogen) atoms. The van der Waals surface area contributed by atoms with E-state index in [4.69, 9.17) is 32.9 Å². The number of hydrogen-bond acceptors (Lipinski definition) is 9. The Kier molecular flexibility index (Phi) is 9.72. The minimum atomic E-state index is -0.948. The van der Waals surface area contributed by atoms with Crippen LogP contribution < -0.4 is 26.2 Å². The number of nitrogens with zero attached hydrogens (tertiary/aromatic N) is 4. The minimum absolute atomic E-state index is 0.0521. The van der Waals surface area contributed by atoms with E-state index in [0.29, 0.717) is 87.5 Å². The van der Waals surface area contributed by atoms with Gasteiger partial charge in [0.1, 0.15) is 17.5 Å². The van der Waals surface area contributed by atoms with Crippen molar-refractivity contribution >= 4 is 46.6 Å². The number of amides is 1. The van der Waals surface area contributed by atoms with Crippen LogP contribution in [0, 0.1) is 0 Å². The molecular weight excluding hydrogens is 693 g/mol. The van der Waals surface area contributed by atoms with Gasteiger partial charge in [0.25, 0.3) is 5.56 Å². The number of halogens is 2. The average molecular weight is 727 g/mol. The Hall–Kier alpha value is -5.30. The number of amidine groups is 1. The van der Waals surface area contributed by atoms with E-state index >= 15 is 0 Å². The molecule has 12 nitrogen and oxygen atoms in total. The monoisotopic (exact) mass is 725 g/mol. The number of nitrogens with one attached hydrogen (secondary N) is 3. The number of carboxylic acids is 1. The highest BCUT2D eigenvalue weighted by atomic mass is 35.5. The van der Waals surface area contributed by atoms with Gasteiger partial charge in [-0.3, -0.25) is 19.0 Å². The number of fused-ring (bicyclic) bond motifs is 1. The van der Waals surface area contributed by atoms with Gasteiger partial charge in [-0.05, 0) is 42.7 Å². The quantitative estimate of drug-likeness (QED) is 0.156. The molecule has 0 bridgehead atoms. The number of carboxylic acid groups (broad SMARTS) is 1. The molecule has 0 aliphatic carbocycles. The molecular formula is C37H33Cl2N7O5. The maximum atomic E-state index is 13.3. The van der Waals surface area contributed by atoms with Crippen LogP contribution in [0.25, 0.3) is 39.2 Å². The van der Waals surface area contributed by atoms with Gasteiger partial charge in [0.2, 0.25) is 11.8 Å². The molecule has 0 spiro atoms. The lowest BCUT2D eigenvalue weighted by atomic mass is 9.97. The second kappa shape index (κ2) is 14.5. The Morgan fingerprint density at radius 3 is 2.45 bits per heavy atom. The Balaban J connectivity index is 1.15. The van der Waals surface area contributed by atoms with E-state index in [1.807, 2.05) is 48.5 Å². The first kappa shape index (κ1) is 34.2. The Morgan fingerprint density at radius 2 is 1.73 bits per heavy atom. The van der Waals surface area contributed by atoms with Crippen LogP contribution >= 0.6 is 23.2 Å². The minimum Gasteiger partial charge on any atom is -0.480 e. The summed E-state index contributed by atoms with van der Waals surface area (Å²) < 4.78 is 7.10. The summed E-state index contributed by atoms with van der Waals surface area (Å²) >= 11 is 14.1. The molecule has 1 amide bonds. The molecule has 0 saturated carbocycles. The van der Waals surface area contributed by atoms with Crippen molar-refractivity contribution in [2.24, 2.45) is 4.99 Å². The van der Waals surface area contributed by atoms with Crippen molar-refractivity contribution in [2.75, 3.05) is 20.2 Å². The number of aliphatic imine (C=N–C) groups is 1. The van der Waals surface area contributed by atoms with Gasteiger partial charge in [0.05, 0.1) is 28.4 Å². The number of aromatic nitrogens is 3. The van der Waals surface area contributed by atoms with Gasteiger partial charge in [-0.1, -0.05) is 59.6 Å². The molecule has 4 N–H and O–H groups in total. The Bertz CT molecular complexity index is 2270. The Morgan fingerprint density at radius 1 is 0.980 bits per heavy atom. The SMILES string of the molecule is COc1nc(-c2cccc(-c3cccc(-c4ccn5c(=O)c(CNCC6CCC(=O)N6)cnc5c4)c3Cl)c2Cl)ccc1C1=NCCC(C(=O)O)N1. The van der Waals surface area contributed by atoms with Gasteiger partial charge in [0.15, 0.2) is 0 Å². The molecule has 3 aromatic heterocycles. The summed E-state index contributed by atoms with van der Waals surface area (Å²) in [6.07, 6.45) is 4.96. The molecule has 5 heterocycles. The van der Waals surface area contributed by atoms with Crippen LogP contribution in [0.2, 0.25) is 10.0 Å². The second-order valence-corrected chi connectivity index (χ2v) is 13.1. The fourth-order valence-corrected chi connectivity index (χ4v) is 7.04. The van der Waals surface area contributed by atoms with Crippen molar-refractivity contribution in [1.29, 1.82) is 0 Å². The third-order valence-corrected chi connectivity index (χ3v) is 9.87. The van der Waals surface area contributed by atoms with E-state index in [1.165, 1.54) is 11.5 Å². The van der Waals surface area contributed by atoms with Crippen LogP contribution in [-0.2, 0) is 16.1 Å². The molecule has 2 unspecified atom stereocenters. The molecule has 2 aliphatic heterocycles. The van der Waals surface area contributed by atoms with Crippen molar-refractivity contribution in [3.8, 4) is 39.4 Å². The molecule has 5 aromatic rings. The third-order valence-electron chi connectivity index (χ3n) is 9.05. The fourth-order valence-electron chi connectivity index (χ4n) is 6.38. The molecule has 7 rings (SSSR count). The largest absolute Gasteiger partial charge is 0.480 e. The van der Waals surface area contributed by atoms with E-state index in [0.717, 1.165) is 17.5 Å². The van der Waals surface area contributed by atoms with Gasteiger partial charge in [-0.2, -0.15) is 0 Å². The zero-order chi connectivity index (χ0) is 35.6. The van der Waals surface area contributed by atoms with Crippen molar-refractivity contribution < 1.29 is 19.4 Å². The molecule has 1 saturated heterocycles. The predicted molar refractivity (Wildman–Crippen MR) is 196 cm³/mol. The van der Waals surface area contributed by atoms with E-state index in [-0.39, 0.29) is 23.4 Å². The van der Waals surface area contributed by atoms with Crippen molar-refractivity contribution in [3.63, 3.8) is 0 Å². The smallest absolute Gasteiger partial charge is 0.326 e. The number of carbonyl (C=O) groups excluding carboxylic acids is 1. The summed E-state index contributed by atoms with van der Waals surface area (Å²) in [5, 5.41) is 19.5. The highest BCUT2D eigenvalue weighted by Gasteiger charge is 2.26. The summed E-state index contributed by atoms with van der Waals surface area (Å²) in [6.45, 7) is 1.29. The number of hydrogen-bond donors (Lipinski definition) is 4. The van der Waals surface area contributed by atoms with Crippen molar-refractivity contribution in [1.82, 2.24) is 30.3 Å². The lowest BCUT2D eigenvalue weighted by molar-refractivity contribution is -0.139. The highest BCUT2D eigenvalue weighted by Crippen LogP contribution is 2.42. The van der Waals surface area contributed by atoms with Gasteiger partial charge >= 0.3 is 5.97 Å². The van der Waals surface area contributed by atoms with Gasteiger partial charge in [-0.15, -0.1) is 0 Å². The maximum absolute atomic E-state index is 13.3. The van der Waals surface area contributed by atoms with E-state index < -0.39 is 12.0 Å². The van der Waals surface area contributed by atoms with Crippen LogP contribution in [0.4, 0.5) is 0 Å². The third kappa shape index (κ3) is 6.90. The van der Waals surface area contributed by atoms with Crippen LogP contribution in [0.15, 0.2) is 82.8 Å². The van der Waals surface area contributed by atoms with Crippen LogP contribution in [-0.4, -0.2) is 69.5 Å². The normalized spacial score (nSPS) is 17.2. The first-order valence-corrected chi connectivity index (χ1v) is 17.1. The number of methoxy groups -OCH3 is 1. The lowest BCUT2D eigenvalue weighted by Crippen LogP contribution is -2.44. The average Bonchev–Trinajstić information content (AvgIpc) is 3.57. The number of pyridine rings is 2. The van der Waals surface area contributed by atoms with Gasteiger partial charge in [-0.25, -0.2) is 14.8 Å².